The van der Waals surface area contributed by atoms with E-state index in [9.17, 15) is 4.79 Å². The Morgan fingerprint density at radius 3 is 2.96 bits per heavy atom. The van der Waals surface area contributed by atoms with Crippen LogP contribution in [0.25, 0.3) is 21.5 Å². The van der Waals surface area contributed by atoms with Crippen molar-refractivity contribution in [1.29, 1.82) is 0 Å². The molecule has 0 aliphatic rings. The van der Waals surface area contributed by atoms with Crippen molar-refractivity contribution in [3.63, 3.8) is 0 Å². The van der Waals surface area contributed by atoms with Crippen molar-refractivity contribution in [3.05, 3.63) is 71.1 Å². The lowest BCUT2D eigenvalue weighted by molar-refractivity contribution is -0.120. The molecule has 3 heterocycles. The summed E-state index contributed by atoms with van der Waals surface area (Å²) in [6.07, 6.45) is 6.72. The summed E-state index contributed by atoms with van der Waals surface area (Å²) >= 11 is 1.56. The number of nitrogens with one attached hydrogen (secondary N) is 2. The summed E-state index contributed by atoms with van der Waals surface area (Å²) in [6.45, 7) is 2.57. The molecule has 1 amide bonds. The summed E-state index contributed by atoms with van der Waals surface area (Å²) in [5, 5.41) is 5.14. The van der Waals surface area contributed by atoms with Gasteiger partial charge in [0.05, 0.1) is 12.1 Å². The van der Waals surface area contributed by atoms with Gasteiger partial charge < -0.3 is 10.3 Å². The van der Waals surface area contributed by atoms with Crippen LogP contribution in [0.2, 0.25) is 0 Å². The van der Waals surface area contributed by atoms with Gasteiger partial charge in [-0.2, -0.15) is 0 Å². The number of aromatic nitrogens is 3. The predicted molar refractivity (Wildman–Crippen MR) is 109 cm³/mol. The Morgan fingerprint density at radius 2 is 2.11 bits per heavy atom. The first-order valence-electron chi connectivity index (χ1n) is 8.89. The Kier molecular flexibility index (Phi) is 4.98. The molecule has 0 atom stereocenters. The molecule has 136 valence electrons. The van der Waals surface area contributed by atoms with Crippen molar-refractivity contribution in [1.82, 2.24) is 20.3 Å². The SMILES string of the molecule is Cc1nc(-c2cccnc2)sc1CC(=O)NCCc1c[nH]c2ccccc12. The van der Waals surface area contributed by atoms with E-state index in [0.29, 0.717) is 13.0 Å². The first kappa shape index (κ1) is 17.4. The molecule has 0 bridgehead atoms. The Morgan fingerprint density at radius 1 is 1.22 bits per heavy atom. The zero-order valence-corrected chi connectivity index (χ0v) is 15.8. The molecule has 2 N–H and O–H groups in total. The van der Waals surface area contributed by atoms with Crippen molar-refractivity contribution >= 4 is 28.1 Å². The van der Waals surface area contributed by atoms with Crippen LogP contribution in [-0.4, -0.2) is 27.4 Å². The molecule has 1 aromatic carbocycles. The summed E-state index contributed by atoms with van der Waals surface area (Å²) in [6, 6.07) is 12.1. The fourth-order valence-electron chi connectivity index (χ4n) is 3.09. The van der Waals surface area contributed by atoms with Crippen LogP contribution >= 0.6 is 11.3 Å². The van der Waals surface area contributed by atoms with E-state index < -0.39 is 0 Å². The fraction of sp³-hybridized carbons (Fsp3) is 0.190. The van der Waals surface area contributed by atoms with Crippen LogP contribution in [0.1, 0.15) is 16.1 Å². The van der Waals surface area contributed by atoms with Crippen LogP contribution in [0.5, 0.6) is 0 Å². The predicted octanol–water partition coefficient (Wildman–Crippen LogP) is 3.90. The topological polar surface area (TPSA) is 70.7 Å². The number of H-pyrrole nitrogens is 1. The molecule has 0 aliphatic heterocycles. The summed E-state index contributed by atoms with van der Waals surface area (Å²) in [4.78, 5) is 25.3. The standard InChI is InChI=1S/C21H20N4OS/c1-14-19(27-21(25-14)16-5-4-9-22-12-16)11-20(26)23-10-8-15-13-24-18-7-3-2-6-17(15)18/h2-7,9,12-13,24H,8,10-11H2,1H3,(H,23,26). The van der Waals surface area contributed by atoms with E-state index in [1.165, 1.54) is 10.9 Å². The highest BCUT2D eigenvalue weighted by atomic mass is 32.1. The second-order valence-electron chi connectivity index (χ2n) is 6.41. The molecule has 0 fully saturated rings. The van der Waals surface area contributed by atoms with Crippen LogP contribution in [0.3, 0.4) is 0 Å². The van der Waals surface area contributed by atoms with Crippen LogP contribution in [0.4, 0.5) is 0 Å². The third kappa shape index (κ3) is 3.90. The van der Waals surface area contributed by atoms with Crippen LogP contribution in [-0.2, 0) is 17.6 Å². The number of carbonyl (C=O) groups excluding carboxylic acids is 1. The van der Waals surface area contributed by atoms with Crippen molar-refractivity contribution in [2.45, 2.75) is 19.8 Å². The van der Waals surface area contributed by atoms with Gasteiger partial charge in [-0.15, -0.1) is 11.3 Å². The van der Waals surface area contributed by atoms with Gasteiger partial charge in [0, 0.05) is 46.5 Å². The summed E-state index contributed by atoms with van der Waals surface area (Å²) in [5.74, 6) is 0.0272. The normalized spacial score (nSPS) is 11.0. The third-order valence-corrected chi connectivity index (χ3v) is 5.72. The highest BCUT2D eigenvalue weighted by molar-refractivity contribution is 7.15. The minimum Gasteiger partial charge on any atom is -0.361 e. The smallest absolute Gasteiger partial charge is 0.225 e. The van der Waals surface area contributed by atoms with E-state index in [2.05, 4.69) is 32.4 Å². The number of amides is 1. The number of para-hydroxylation sites is 1. The van der Waals surface area contributed by atoms with Gasteiger partial charge in [0.1, 0.15) is 5.01 Å². The number of aryl methyl sites for hydroxylation is 1. The molecular weight excluding hydrogens is 356 g/mol. The zero-order valence-electron chi connectivity index (χ0n) is 15.0. The molecule has 27 heavy (non-hydrogen) atoms. The first-order valence-corrected chi connectivity index (χ1v) is 9.71. The van der Waals surface area contributed by atoms with Crippen LogP contribution < -0.4 is 5.32 Å². The minimum atomic E-state index is 0.0272. The molecule has 0 radical (unpaired) electrons. The Balaban J connectivity index is 1.35. The van der Waals surface area contributed by atoms with Gasteiger partial charge in [-0.25, -0.2) is 4.98 Å². The van der Waals surface area contributed by atoms with E-state index in [1.54, 1.807) is 23.7 Å². The number of hydrogen-bond donors (Lipinski definition) is 2. The molecule has 0 saturated heterocycles. The van der Waals surface area contributed by atoms with Crippen molar-refractivity contribution in [2.24, 2.45) is 0 Å². The monoisotopic (exact) mass is 376 g/mol. The lowest BCUT2D eigenvalue weighted by Gasteiger charge is -2.04. The van der Waals surface area contributed by atoms with E-state index in [0.717, 1.165) is 33.1 Å². The van der Waals surface area contributed by atoms with E-state index in [4.69, 9.17) is 0 Å². The Bertz CT molecular complexity index is 1070. The van der Waals surface area contributed by atoms with E-state index in [1.807, 2.05) is 37.4 Å². The number of thiazole rings is 1. The molecule has 3 aromatic heterocycles. The highest BCUT2D eigenvalue weighted by Gasteiger charge is 2.13. The number of nitrogens with zero attached hydrogens (tertiary/aromatic N) is 2. The maximum absolute atomic E-state index is 12.4. The number of aromatic amines is 1. The number of rotatable bonds is 6. The fourth-order valence-corrected chi connectivity index (χ4v) is 4.14. The molecule has 0 spiro atoms. The largest absolute Gasteiger partial charge is 0.361 e. The lowest BCUT2D eigenvalue weighted by Crippen LogP contribution is -2.27. The van der Waals surface area contributed by atoms with E-state index in [-0.39, 0.29) is 5.91 Å². The van der Waals surface area contributed by atoms with Crippen LogP contribution in [0, 0.1) is 6.92 Å². The number of pyridine rings is 1. The Labute approximate surface area is 161 Å². The quantitative estimate of drug-likeness (QED) is 0.536. The van der Waals surface area contributed by atoms with Gasteiger partial charge in [0.25, 0.3) is 0 Å². The van der Waals surface area contributed by atoms with Gasteiger partial charge in [-0.05, 0) is 37.1 Å². The van der Waals surface area contributed by atoms with Gasteiger partial charge >= 0.3 is 0 Å². The molecule has 0 unspecified atom stereocenters. The molecule has 5 nitrogen and oxygen atoms in total. The van der Waals surface area contributed by atoms with E-state index >= 15 is 0 Å². The van der Waals surface area contributed by atoms with Crippen molar-refractivity contribution in [3.8, 4) is 10.6 Å². The summed E-state index contributed by atoms with van der Waals surface area (Å²) in [7, 11) is 0. The minimum absolute atomic E-state index is 0.0272. The maximum atomic E-state index is 12.4. The molecular formula is C21H20N4OS. The first-order chi connectivity index (χ1) is 13.2. The van der Waals surface area contributed by atoms with Gasteiger partial charge in [0.15, 0.2) is 0 Å². The molecule has 0 saturated carbocycles. The van der Waals surface area contributed by atoms with Gasteiger partial charge in [0.2, 0.25) is 5.91 Å². The lowest BCUT2D eigenvalue weighted by atomic mass is 10.1. The average Bonchev–Trinajstić information content (AvgIpc) is 3.27. The number of carbonyl (C=O) groups is 1. The second-order valence-corrected chi connectivity index (χ2v) is 7.49. The number of hydrogen-bond acceptors (Lipinski definition) is 4. The highest BCUT2D eigenvalue weighted by Crippen LogP contribution is 2.27. The second kappa shape index (κ2) is 7.72. The Hall–Kier alpha value is -2.99. The molecule has 6 heteroatoms. The third-order valence-electron chi connectivity index (χ3n) is 4.51. The summed E-state index contributed by atoms with van der Waals surface area (Å²) in [5.41, 5.74) is 4.24. The van der Waals surface area contributed by atoms with Crippen molar-refractivity contribution in [2.75, 3.05) is 6.54 Å². The molecule has 4 rings (SSSR count). The van der Waals surface area contributed by atoms with Crippen molar-refractivity contribution < 1.29 is 4.79 Å². The van der Waals surface area contributed by atoms with Gasteiger partial charge in [-0.3, -0.25) is 9.78 Å². The number of fused-ring (bicyclic) bond motifs is 1. The maximum Gasteiger partial charge on any atom is 0.225 e. The summed E-state index contributed by atoms with van der Waals surface area (Å²) < 4.78 is 0. The van der Waals surface area contributed by atoms with Gasteiger partial charge in [-0.1, -0.05) is 18.2 Å². The number of benzene rings is 1. The molecule has 0 aliphatic carbocycles. The average molecular weight is 376 g/mol. The zero-order chi connectivity index (χ0) is 18.6. The molecule has 4 aromatic rings. The van der Waals surface area contributed by atoms with Crippen LogP contribution in [0.15, 0.2) is 55.0 Å².